The average molecular weight is 1000 g/mol. The van der Waals surface area contributed by atoms with Crippen LogP contribution in [0.1, 0.15) is 45.9 Å². The molecule has 2 aliphatic rings. The third kappa shape index (κ3) is 14.9. The molecule has 7 aromatic carbocycles. The molecule has 0 unspecified atom stereocenters. The van der Waals surface area contributed by atoms with Crippen LogP contribution in [0.2, 0.25) is 0 Å². The summed E-state index contributed by atoms with van der Waals surface area (Å²) in [7, 11) is 1.62. The number of benzene rings is 7. The molecule has 2 aliphatic heterocycles. The first-order chi connectivity index (χ1) is 36.5. The van der Waals surface area contributed by atoms with Gasteiger partial charge in [0.1, 0.15) is 48.8 Å². The van der Waals surface area contributed by atoms with Gasteiger partial charge in [-0.25, -0.2) is 0 Å². The highest BCUT2D eigenvalue weighted by atomic mass is 16.8. The molecule has 2 heterocycles. The number of rotatable bonds is 26. The lowest BCUT2D eigenvalue weighted by molar-refractivity contribution is -0.388. The van der Waals surface area contributed by atoms with Gasteiger partial charge in [-0.05, 0) is 45.9 Å². The fourth-order valence-electron chi connectivity index (χ4n) is 9.47. The van der Waals surface area contributed by atoms with Gasteiger partial charge in [0.25, 0.3) is 0 Å². The molecule has 10 atom stereocenters. The van der Waals surface area contributed by atoms with Crippen LogP contribution in [-0.2, 0) is 98.4 Å². The van der Waals surface area contributed by atoms with Crippen molar-refractivity contribution < 1.29 is 52.1 Å². The molecule has 7 aromatic rings. The Labute approximate surface area is 436 Å². The summed E-state index contributed by atoms with van der Waals surface area (Å²) in [5, 5.41) is 0. The first-order valence-corrected chi connectivity index (χ1v) is 25.6. The van der Waals surface area contributed by atoms with Crippen LogP contribution >= 0.6 is 0 Å². The van der Waals surface area contributed by atoms with Crippen molar-refractivity contribution in [2.45, 2.75) is 114 Å². The summed E-state index contributed by atoms with van der Waals surface area (Å²) in [6.45, 7) is 4.07. The molecule has 0 saturated carbocycles. The molecule has 0 amide bonds. The van der Waals surface area contributed by atoms with E-state index in [-0.39, 0.29) is 39.6 Å². The Morgan fingerprint density at radius 3 is 1.07 bits per heavy atom. The van der Waals surface area contributed by atoms with E-state index in [0.717, 1.165) is 38.9 Å². The normalized spacial score (nSPS) is 24.9. The first-order valence-electron chi connectivity index (χ1n) is 25.6. The van der Waals surface area contributed by atoms with Crippen molar-refractivity contribution in [1.82, 2.24) is 0 Å². The molecule has 0 N–H and O–H groups in total. The van der Waals surface area contributed by atoms with Crippen LogP contribution in [0.5, 0.6) is 0 Å². The van der Waals surface area contributed by atoms with Gasteiger partial charge in [0.15, 0.2) is 12.1 Å². The Bertz CT molecular complexity index is 2620. The lowest BCUT2D eigenvalue weighted by atomic mass is 9.92. The van der Waals surface area contributed by atoms with Crippen LogP contribution in [0.15, 0.2) is 212 Å². The molecule has 0 aliphatic carbocycles. The Balaban J connectivity index is 1.07. The average Bonchev–Trinajstić information content (AvgIpc) is 3.46. The second kappa shape index (κ2) is 27.6. The van der Waals surface area contributed by atoms with Crippen LogP contribution < -0.4 is 0 Å². The molecule has 2 saturated heterocycles. The lowest BCUT2D eigenvalue weighted by Crippen LogP contribution is -2.68. The van der Waals surface area contributed by atoms with Crippen molar-refractivity contribution in [3.8, 4) is 0 Å². The van der Waals surface area contributed by atoms with Gasteiger partial charge in [0, 0.05) is 7.11 Å². The summed E-state index contributed by atoms with van der Waals surface area (Å²) in [4.78, 5) is 0. The zero-order valence-electron chi connectivity index (χ0n) is 42.3. The van der Waals surface area contributed by atoms with E-state index in [1.54, 1.807) is 7.11 Å². The van der Waals surface area contributed by atoms with Crippen LogP contribution in [0, 0.1) is 0 Å². The molecule has 11 heteroatoms. The maximum absolute atomic E-state index is 7.29. The lowest BCUT2D eigenvalue weighted by Gasteiger charge is -2.52. The summed E-state index contributed by atoms with van der Waals surface area (Å²) < 4.78 is 76.0. The summed E-state index contributed by atoms with van der Waals surface area (Å²) in [5.74, 6) is -1.49. The molecule has 0 bridgehead atoms. The van der Waals surface area contributed by atoms with E-state index in [0.29, 0.717) is 19.8 Å². The summed E-state index contributed by atoms with van der Waals surface area (Å²) in [6.07, 6.45) is -6.68. The fraction of sp³-hybridized carbons (Fsp3) is 0.333. The quantitative estimate of drug-likeness (QED) is 0.0518. The Kier molecular flexibility index (Phi) is 19.7. The Morgan fingerprint density at radius 2 is 0.676 bits per heavy atom. The topological polar surface area (TPSA) is 102 Å². The summed E-state index contributed by atoms with van der Waals surface area (Å²) in [6, 6.07) is 70.5. The molecule has 11 nitrogen and oxygen atoms in total. The standard InChI is InChI=1S/C63H68O11/c1-63(72-46-54-56(66-39-48-26-12-4-13-27-48)58(68-41-50-30-16-6-17-31-50)60(62(64-2)73-54)70-43-52-34-20-8-21-35-52)61(71-44-53-36-22-9-23-37-53)59(69-42-51-32-18-7-19-33-51)57(67-40-49-28-14-5-15-29-49)55(74-63)45-65-38-47-24-10-3-11-25-47/h3-37,54-62H,38-46H2,1-2H3/t54-,55-,56-,57-,58+,59+,60-,61-,62+,63+/m1/s1. The second-order valence-corrected chi connectivity index (χ2v) is 18.8. The van der Waals surface area contributed by atoms with E-state index >= 15 is 0 Å². The fourth-order valence-corrected chi connectivity index (χ4v) is 9.47. The van der Waals surface area contributed by atoms with Gasteiger partial charge < -0.3 is 52.1 Å². The molecular weight excluding hydrogens is 933 g/mol. The number of ether oxygens (including phenoxy) is 11. The van der Waals surface area contributed by atoms with Gasteiger partial charge in [-0.2, -0.15) is 0 Å². The Morgan fingerprint density at radius 1 is 0.351 bits per heavy atom. The third-order valence-corrected chi connectivity index (χ3v) is 13.3. The number of methoxy groups -OCH3 is 1. The molecule has 0 aromatic heterocycles. The van der Waals surface area contributed by atoms with E-state index in [4.69, 9.17) is 52.1 Å². The molecule has 74 heavy (non-hydrogen) atoms. The van der Waals surface area contributed by atoms with Crippen LogP contribution in [0.4, 0.5) is 0 Å². The third-order valence-electron chi connectivity index (χ3n) is 13.3. The molecule has 2 fully saturated rings. The molecule has 9 rings (SSSR count). The van der Waals surface area contributed by atoms with Gasteiger partial charge in [-0.1, -0.05) is 212 Å². The van der Waals surface area contributed by atoms with E-state index in [1.165, 1.54) is 0 Å². The van der Waals surface area contributed by atoms with E-state index in [9.17, 15) is 0 Å². The van der Waals surface area contributed by atoms with E-state index in [1.807, 2.05) is 219 Å². The summed E-state index contributed by atoms with van der Waals surface area (Å²) >= 11 is 0. The van der Waals surface area contributed by atoms with Crippen molar-refractivity contribution in [3.05, 3.63) is 251 Å². The van der Waals surface area contributed by atoms with Crippen molar-refractivity contribution in [1.29, 1.82) is 0 Å². The van der Waals surface area contributed by atoms with Gasteiger partial charge in [-0.3, -0.25) is 0 Å². The van der Waals surface area contributed by atoms with Crippen molar-refractivity contribution in [3.63, 3.8) is 0 Å². The highest BCUT2D eigenvalue weighted by Gasteiger charge is 2.57. The second-order valence-electron chi connectivity index (χ2n) is 18.8. The highest BCUT2D eigenvalue weighted by Crippen LogP contribution is 2.40. The Hall–Kier alpha value is -5.90. The number of hydrogen-bond donors (Lipinski definition) is 0. The molecule has 0 radical (unpaired) electrons. The summed E-state index contributed by atoms with van der Waals surface area (Å²) in [5.41, 5.74) is 6.98. The molecule has 386 valence electrons. The minimum absolute atomic E-state index is 0.0316. The molecule has 0 spiro atoms. The predicted octanol–water partition coefficient (Wildman–Crippen LogP) is 11.2. The number of hydrogen-bond acceptors (Lipinski definition) is 11. The first kappa shape index (κ1) is 52.9. The van der Waals surface area contributed by atoms with Crippen molar-refractivity contribution in [2.24, 2.45) is 0 Å². The van der Waals surface area contributed by atoms with Crippen molar-refractivity contribution >= 4 is 0 Å². The van der Waals surface area contributed by atoms with Crippen molar-refractivity contribution in [2.75, 3.05) is 20.3 Å². The van der Waals surface area contributed by atoms with Gasteiger partial charge in [-0.15, -0.1) is 0 Å². The van der Waals surface area contributed by atoms with Gasteiger partial charge in [0.2, 0.25) is 0 Å². The van der Waals surface area contributed by atoms with Crippen LogP contribution in [0.3, 0.4) is 0 Å². The van der Waals surface area contributed by atoms with Gasteiger partial charge in [0.05, 0.1) is 59.5 Å². The monoisotopic (exact) mass is 1000 g/mol. The smallest absolute Gasteiger partial charge is 0.195 e. The zero-order valence-corrected chi connectivity index (χ0v) is 42.3. The maximum atomic E-state index is 7.29. The van der Waals surface area contributed by atoms with E-state index < -0.39 is 60.9 Å². The maximum Gasteiger partial charge on any atom is 0.195 e. The molecular formula is C63H68O11. The minimum Gasteiger partial charge on any atom is -0.374 e. The van der Waals surface area contributed by atoms with Gasteiger partial charge >= 0.3 is 0 Å². The van der Waals surface area contributed by atoms with E-state index in [2.05, 4.69) is 0 Å². The predicted molar refractivity (Wildman–Crippen MR) is 281 cm³/mol. The van der Waals surface area contributed by atoms with Crippen LogP contribution in [-0.4, -0.2) is 81.2 Å². The van der Waals surface area contributed by atoms with Crippen LogP contribution in [0.25, 0.3) is 0 Å². The largest absolute Gasteiger partial charge is 0.374 e. The minimum atomic E-state index is -1.49. The zero-order chi connectivity index (χ0) is 50.6. The highest BCUT2D eigenvalue weighted by molar-refractivity contribution is 5.19. The SMILES string of the molecule is CO[C@H]1O[C@H](CO[C@@]2(C)O[C@H](COCc3ccccc3)[C@@H](OCc3ccccc3)[C@H](OCc3ccccc3)[C@H]2OCc2ccccc2)[C@@H](OCc2ccccc2)[C@H](OCc2ccccc2)[C@H]1OCc1ccccc1.